The minimum absolute atomic E-state index is 0.283. The fourth-order valence-corrected chi connectivity index (χ4v) is 3.61. The molecule has 0 fully saturated rings. The summed E-state index contributed by atoms with van der Waals surface area (Å²) in [5, 5.41) is 0. The van der Waals surface area contributed by atoms with Crippen molar-refractivity contribution in [3.05, 3.63) is 78.2 Å². The molecule has 0 saturated heterocycles. The molecule has 2 aromatic heterocycles. The first-order chi connectivity index (χ1) is 16.1. The molecule has 0 unspecified atom stereocenters. The maximum atomic E-state index is 5.96. The van der Waals surface area contributed by atoms with E-state index >= 15 is 0 Å². The van der Waals surface area contributed by atoms with Crippen LogP contribution in [0.4, 0.5) is 0 Å². The molecule has 5 aromatic rings. The summed E-state index contributed by atoms with van der Waals surface area (Å²) in [4.78, 5) is 12.6. The lowest BCUT2D eigenvalue weighted by Crippen LogP contribution is -1.98. The van der Waals surface area contributed by atoms with E-state index in [0.29, 0.717) is 23.1 Å². The first-order valence-electron chi connectivity index (χ1n) is 10.5. The summed E-state index contributed by atoms with van der Waals surface area (Å²) < 4.78 is 22.6. The van der Waals surface area contributed by atoms with Crippen molar-refractivity contribution in [2.45, 2.75) is 13.5 Å². The fraction of sp³-hybridized carbons (Fsp3) is 0.154. The number of oxazole rings is 1. The van der Waals surface area contributed by atoms with Gasteiger partial charge in [0.05, 0.1) is 30.8 Å². The predicted molar refractivity (Wildman–Crippen MR) is 126 cm³/mol. The van der Waals surface area contributed by atoms with Crippen molar-refractivity contribution in [1.29, 1.82) is 0 Å². The van der Waals surface area contributed by atoms with Crippen LogP contribution >= 0.6 is 0 Å². The van der Waals surface area contributed by atoms with Crippen LogP contribution < -0.4 is 14.2 Å². The molecule has 0 aliphatic rings. The third-order valence-corrected chi connectivity index (χ3v) is 5.42. The van der Waals surface area contributed by atoms with E-state index in [9.17, 15) is 0 Å². The van der Waals surface area contributed by atoms with E-state index in [1.807, 2.05) is 73.7 Å². The number of methoxy groups -OCH3 is 2. The van der Waals surface area contributed by atoms with Gasteiger partial charge in [-0.05, 0) is 61.5 Å². The van der Waals surface area contributed by atoms with Crippen LogP contribution in [0.3, 0.4) is 0 Å². The second kappa shape index (κ2) is 8.70. The minimum atomic E-state index is 0.283. The zero-order chi connectivity index (χ0) is 22.8. The molecule has 0 atom stereocenters. The van der Waals surface area contributed by atoms with Crippen LogP contribution in [0.2, 0.25) is 0 Å². The molecule has 0 aliphatic carbocycles. The van der Waals surface area contributed by atoms with Crippen LogP contribution in [0.15, 0.2) is 71.1 Å². The molecule has 166 valence electrons. The Morgan fingerprint density at radius 1 is 0.879 bits per heavy atom. The number of hydrogen-bond acceptors (Lipinski definition) is 6. The third kappa shape index (κ3) is 4.13. The highest BCUT2D eigenvalue weighted by molar-refractivity contribution is 5.79. The zero-order valence-electron chi connectivity index (χ0n) is 18.6. The average molecular weight is 441 g/mol. The molecule has 0 amide bonds. The summed E-state index contributed by atoms with van der Waals surface area (Å²) in [7, 11) is 3.23. The molecule has 5 rings (SSSR count). The molecule has 1 N–H and O–H groups in total. The van der Waals surface area contributed by atoms with Crippen molar-refractivity contribution >= 4 is 11.0 Å². The van der Waals surface area contributed by atoms with E-state index < -0.39 is 0 Å². The molecule has 2 heterocycles. The molecule has 0 spiro atoms. The first-order valence-corrected chi connectivity index (χ1v) is 10.5. The minimum Gasteiger partial charge on any atom is -0.497 e. The van der Waals surface area contributed by atoms with Gasteiger partial charge in [-0.25, -0.2) is 9.97 Å². The number of nitrogens with one attached hydrogen (secondary N) is 1. The quantitative estimate of drug-likeness (QED) is 0.344. The topological polar surface area (TPSA) is 82.4 Å². The molecule has 0 radical (unpaired) electrons. The molecule has 0 saturated carbocycles. The average Bonchev–Trinajstić information content (AvgIpc) is 3.46. The number of fused-ring (bicyclic) bond motifs is 1. The number of ether oxygens (including phenoxy) is 3. The lowest BCUT2D eigenvalue weighted by molar-refractivity contribution is 0.299. The Hall–Kier alpha value is -4.26. The highest BCUT2D eigenvalue weighted by atomic mass is 16.5. The summed E-state index contributed by atoms with van der Waals surface area (Å²) in [5.41, 5.74) is 4.39. The highest BCUT2D eigenvalue weighted by Gasteiger charge is 2.17. The second-order valence-electron chi connectivity index (χ2n) is 7.50. The van der Waals surface area contributed by atoms with Crippen LogP contribution in [0.25, 0.3) is 33.9 Å². The third-order valence-electron chi connectivity index (χ3n) is 5.42. The van der Waals surface area contributed by atoms with Crippen LogP contribution in [0.5, 0.6) is 17.2 Å². The summed E-state index contributed by atoms with van der Waals surface area (Å²) in [6.07, 6.45) is 0. The van der Waals surface area contributed by atoms with Gasteiger partial charge >= 0.3 is 0 Å². The summed E-state index contributed by atoms with van der Waals surface area (Å²) >= 11 is 0. The number of nitrogens with zero attached hydrogens (tertiary/aromatic N) is 2. The Labute approximate surface area is 191 Å². The van der Waals surface area contributed by atoms with Gasteiger partial charge in [-0.1, -0.05) is 12.1 Å². The lowest BCUT2D eigenvalue weighted by atomic mass is 10.2. The number of imidazole rings is 1. The highest BCUT2D eigenvalue weighted by Crippen LogP contribution is 2.34. The van der Waals surface area contributed by atoms with Gasteiger partial charge in [-0.2, -0.15) is 0 Å². The van der Waals surface area contributed by atoms with Gasteiger partial charge in [0.25, 0.3) is 0 Å². The Kier molecular flexibility index (Phi) is 5.44. The van der Waals surface area contributed by atoms with Crippen LogP contribution in [-0.2, 0) is 6.61 Å². The van der Waals surface area contributed by atoms with Gasteiger partial charge in [0.1, 0.15) is 41.1 Å². The molecule has 7 nitrogen and oxygen atoms in total. The van der Waals surface area contributed by atoms with E-state index in [0.717, 1.165) is 39.4 Å². The largest absolute Gasteiger partial charge is 0.497 e. The maximum absolute atomic E-state index is 5.96. The molecule has 0 bridgehead atoms. The van der Waals surface area contributed by atoms with Crippen molar-refractivity contribution < 1.29 is 18.6 Å². The van der Waals surface area contributed by atoms with E-state index in [-0.39, 0.29) is 6.61 Å². The number of aryl methyl sites for hydroxylation is 1. The Morgan fingerprint density at radius 3 is 2.42 bits per heavy atom. The van der Waals surface area contributed by atoms with Gasteiger partial charge in [-0.15, -0.1) is 0 Å². The SMILES string of the molecule is COc1ccc(OC)c(-c2nc(COc3ccc(-c4nc5ccccc5[nH]4)cc3)c(C)o2)c1. The Bertz CT molecular complexity index is 1370. The van der Waals surface area contributed by atoms with Gasteiger partial charge in [-0.3, -0.25) is 0 Å². The number of rotatable bonds is 7. The molecule has 0 aliphatic heterocycles. The van der Waals surface area contributed by atoms with Crippen molar-refractivity contribution in [2.24, 2.45) is 0 Å². The number of aromatic amines is 1. The van der Waals surface area contributed by atoms with Gasteiger partial charge < -0.3 is 23.6 Å². The smallest absolute Gasteiger partial charge is 0.230 e. The van der Waals surface area contributed by atoms with Crippen molar-refractivity contribution in [2.75, 3.05) is 14.2 Å². The molecule has 3 aromatic carbocycles. The molecular weight excluding hydrogens is 418 g/mol. The number of aromatic nitrogens is 3. The van der Waals surface area contributed by atoms with Crippen LogP contribution in [0, 0.1) is 6.92 Å². The number of para-hydroxylation sites is 2. The summed E-state index contributed by atoms with van der Waals surface area (Å²) in [6, 6.07) is 21.3. The van der Waals surface area contributed by atoms with Crippen molar-refractivity contribution in [3.8, 4) is 40.1 Å². The van der Waals surface area contributed by atoms with Crippen LogP contribution in [-0.4, -0.2) is 29.2 Å². The van der Waals surface area contributed by atoms with Crippen molar-refractivity contribution in [3.63, 3.8) is 0 Å². The molecule has 7 heteroatoms. The van der Waals surface area contributed by atoms with E-state index in [1.165, 1.54) is 0 Å². The van der Waals surface area contributed by atoms with Gasteiger partial charge in [0.15, 0.2) is 0 Å². The van der Waals surface area contributed by atoms with Crippen molar-refractivity contribution in [1.82, 2.24) is 15.0 Å². The lowest BCUT2D eigenvalue weighted by Gasteiger charge is -2.07. The second-order valence-corrected chi connectivity index (χ2v) is 7.50. The monoisotopic (exact) mass is 441 g/mol. The van der Waals surface area contributed by atoms with E-state index in [1.54, 1.807) is 14.2 Å². The van der Waals surface area contributed by atoms with Gasteiger partial charge in [0.2, 0.25) is 5.89 Å². The Morgan fingerprint density at radius 2 is 1.67 bits per heavy atom. The van der Waals surface area contributed by atoms with E-state index in [2.05, 4.69) is 15.0 Å². The fourth-order valence-electron chi connectivity index (χ4n) is 3.61. The number of benzene rings is 3. The van der Waals surface area contributed by atoms with Crippen LogP contribution in [0.1, 0.15) is 11.5 Å². The maximum Gasteiger partial charge on any atom is 0.230 e. The van der Waals surface area contributed by atoms with E-state index in [4.69, 9.17) is 18.6 Å². The number of hydrogen-bond donors (Lipinski definition) is 1. The summed E-state index contributed by atoms with van der Waals surface area (Å²) in [5.74, 6) is 4.07. The zero-order valence-corrected chi connectivity index (χ0v) is 18.6. The standard InChI is InChI=1S/C26H23N3O4/c1-16-23(29-26(33-16)20-14-19(30-2)12-13-24(20)31-3)15-32-18-10-8-17(9-11-18)25-27-21-6-4-5-7-22(21)28-25/h4-14H,15H2,1-3H3,(H,27,28). The Balaban J connectivity index is 1.31. The van der Waals surface area contributed by atoms with Gasteiger partial charge in [0, 0.05) is 5.56 Å². The summed E-state index contributed by atoms with van der Waals surface area (Å²) in [6.45, 7) is 2.15. The first kappa shape index (κ1) is 20.6. The number of H-pyrrole nitrogens is 1. The molecular formula is C26H23N3O4. The molecule has 33 heavy (non-hydrogen) atoms. The normalized spacial score (nSPS) is 11.0. The predicted octanol–water partition coefficient (Wildman–Crippen LogP) is 5.79.